The fourth-order valence-corrected chi connectivity index (χ4v) is 3.88. The molecule has 28 heavy (non-hydrogen) atoms. The van der Waals surface area contributed by atoms with Crippen molar-refractivity contribution in [1.82, 2.24) is 5.32 Å². The molecule has 6 nitrogen and oxygen atoms in total. The molecule has 2 aromatic carbocycles. The van der Waals surface area contributed by atoms with E-state index in [1.165, 1.54) is 21.6 Å². The van der Waals surface area contributed by atoms with Crippen molar-refractivity contribution in [3.8, 4) is 17.2 Å². The first-order chi connectivity index (χ1) is 13.5. The van der Waals surface area contributed by atoms with E-state index in [1.807, 2.05) is 12.1 Å². The first-order valence-corrected chi connectivity index (χ1v) is 9.52. The van der Waals surface area contributed by atoms with Crippen LogP contribution in [0.5, 0.6) is 17.2 Å². The Morgan fingerprint density at radius 1 is 1.07 bits per heavy atom. The molecule has 1 aliphatic heterocycles. The van der Waals surface area contributed by atoms with Gasteiger partial charge in [-0.05, 0) is 42.0 Å². The average Bonchev–Trinajstić information content (AvgIpc) is 2.72. The Bertz CT molecular complexity index is 820. The van der Waals surface area contributed by atoms with Crippen molar-refractivity contribution >= 4 is 5.91 Å². The number of ether oxygens (including phenoxy) is 3. The lowest BCUT2D eigenvalue weighted by Gasteiger charge is -2.35. The van der Waals surface area contributed by atoms with Crippen LogP contribution in [0.1, 0.15) is 29.7 Å². The van der Waals surface area contributed by atoms with Crippen molar-refractivity contribution in [1.29, 1.82) is 0 Å². The van der Waals surface area contributed by atoms with Crippen molar-refractivity contribution in [2.45, 2.75) is 25.9 Å². The summed E-state index contributed by atoms with van der Waals surface area (Å²) in [4.78, 5) is 13.0. The topological polar surface area (TPSA) is 61.2 Å². The van der Waals surface area contributed by atoms with Crippen LogP contribution in [0.4, 0.5) is 0 Å². The van der Waals surface area contributed by atoms with Crippen LogP contribution in [-0.4, -0.2) is 40.3 Å². The molecule has 6 heteroatoms. The summed E-state index contributed by atoms with van der Waals surface area (Å²) in [6, 6.07) is 12.5. The van der Waals surface area contributed by atoms with Gasteiger partial charge in [-0.15, -0.1) is 0 Å². The van der Waals surface area contributed by atoms with Crippen LogP contribution in [-0.2, 0) is 17.8 Å². The quantitative estimate of drug-likeness (QED) is 0.759. The van der Waals surface area contributed by atoms with Crippen molar-refractivity contribution in [2.75, 3.05) is 34.4 Å². The molecule has 0 spiro atoms. The average molecular weight is 385 g/mol. The third-order valence-corrected chi connectivity index (χ3v) is 5.37. The molecule has 2 N–H and O–H groups in total. The SMILES string of the molecule is COc1ccc(C[NH+]2CCc3cc(OC)c(OC)cc3[C@H]2CNC(C)=O)cc1. The van der Waals surface area contributed by atoms with Crippen LogP contribution in [0.25, 0.3) is 0 Å². The summed E-state index contributed by atoms with van der Waals surface area (Å²) in [7, 11) is 4.98. The first kappa shape index (κ1) is 20.0. The Labute approximate surface area is 166 Å². The monoisotopic (exact) mass is 385 g/mol. The molecule has 0 saturated heterocycles. The van der Waals surface area contributed by atoms with Crippen LogP contribution in [0.2, 0.25) is 0 Å². The summed E-state index contributed by atoms with van der Waals surface area (Å²) >= 11 is 0. The number of amides is 1. The molecule has 2 aromatic rings. The van der Waals surface area contributed by atoms with Gasteiger partial charge in [-0.25, -0.2) is 0 Å². The number of carbonyl (C=O) groups is 1. The van der Waals surface area contributed by atoms with E-state index in [0.29, 0.717) is 6.54 Å². The Morgan fingerprint density at radius 2 is 1.75 bits per heavy atom. The zero-order valence-electron chi connectivity index (χ0n) is 17.0. The minimum atomic E-state index is -0.0172. The molecular formula is C22H29N2O4+. The highest BCUT2D eigenvalue weighted by atomic mass is 16.5. The van der Waals surface area contributed by atoms with E-state index in [4.69, 9.17) is 14.2 Å². The van der Waals surface area contributed by atoms with E-state index < -0.39 is 0 Å². The van der Waals surface area contributed by atoms with Crippen LogP contribution >= 0.6 is 0 Å². The fraction of sp³-hybridized carbons (Fsp3) is 0.409. The summed E-state index contributed by atoms with van der Waals surface area (Å²) in [5.74, 6) is 2.31. The number of quaternary nitrogens is 1. The third-order valence-electron chi connectivity index (χ3n) is 5.37. The maximum absolute atomic E-state index is 11.6. The molecule has 2 atom stereocenters. The number of fused-ring (bicyclic) bond motifs is 1. The van der Waals surface area contributed by atoms with Crippen molar-refractivity contribution in [3.05, 3.63) is 53.1 Å². The molecule has 0 radical (unpaired) electrons. The third kappa shape index (κ3) is 4.39. The van der Waals surface area contributed by atoms with E-state index in [0.717, 1.165) is 36.8 Å². The van der Waals surface area contributed by atoms with Gasteiger partial charge in [0.25, 0.3) is 0 Å². The fourth-order valence-electron chi connectivity index (χ4n) is 3.88. The minimum absolute atomic E-state index is 0.0172. The zero-order valence-corrected chi connectivity index (χ0v) is 17.0. The van der Waals surface area contributed by atoms with E-state index in [2.05, 4.69) is 29.6 Å². The van der Waals surface area contributed by atoms with Crippen LogP contribution in [0, 0.1) is 0 Å². The highest BCUT2D eigenvalue weighted by Gasteiger charge is 2.32. The number of methoxy groups -OCH3 is 3. The Morgan fingerprint density at radius 3 is 2.36 bits per heavy atom. The van der Waals surface area contributed by atoms with Gasteiger partial charge in [-0.2, -0.15) is 0 Å². The molecule has 0 saturated carbocycles. The predicted octanol–water partition coefficient (Wildman–Crippen LogP) is 1.53. The summed E-state index contributed by atoms with van der Waals surface area (Å²) in [6.45, 7) is 4.01. The van der Waals surface area contributed by atoms with Crippen molar-refractivity contribution < 1.29 is 23.9 Å². The highest BCUT2D eigenvalue weighted by Crippen LogP contribution is 2.34. The minimum Gasteiger partial charge on any atom is -0.497 e. The van der Waals surface area contributed by atoms with Crippen molar-refractivity contribution in [2.24, 2.45) is 0 Å². The van der Waals surface area contributed by atoms with E-state index in [1.54, 1.807) is 28.3 Å². The molecule has 1 unspecified atom stereocenters. The van der Waals surface area contributed by atoms with E-state index in [9.17, 15) is 4.79 Å². The smallest absolute Gasteiger partial charge is 0.217 e. The van der Waals surface area contributed by atoms with E-state index >= 15 is 0 Å². The largest absolute Gasteiger partial charge is 0.497 e. The molecule has 150 valence electrons. The zero-order chi connectivity index (χ0) is 20.1. The van der Waals surface area contributed by atoms with Gasteiger partial charge in [0.1, 0.15) is 18.3 Å². The van der Waals surface area contributed by atoms with Gasteiger partial charge in [0.15, 0.2) is 11.5 Å². The Balaban J connectivity index is 1.90. The highest BCUT2D eigenvalue weighted by molar-refractivity contribution is 5.72. The number of rotatable bonds is 7. The standard InChI is InChI=1S/C22H28N2O4/c1-15(25)23-13-20-19-12-22(28-4)21(27-3)11-17(19)9-10-24(20)14-16-5-7-18(26-2)8-6-16/h5-8,11-12,20H,9-10,13-14H2,1-4H3,(H,23,25)/p+1/t20-/m1/s1. The number of benzene rings is 2. The Hall–Kier alpha value is -2.73. The lowest BCUT2D eigenvalue weighted by molar-refractivity contribution is -0.945. The second-order valence-corrected chi connectivity index (χ2v) is 7.08. The molecule has 1 amide bonds. The van der Waals surface area contributed by atoms with Crippen molar-refractivity contribution in [3.63, 3.8) is 0 Å². The number of nitrogens with one attached hydrogen (secondary N) is 2. The number of hydrogen-bond acceptors (Lipinski definition) is 4. The maximum atomic E-state index is 11.6. The van der Waals surface area contributed by atoms with Gasteiger partial charge < -0.3 is 24.4 Å². The number of hydrogen-bond donors (Lipinski definition) is 2. The van der Waals surface area contributed by atoms with Gasteiger partial charge >= 0.3 is 0 Å². The summed E-state index contributed by atoms with van der Waals surface area (Å²) in [5.41, 5.74) is 3.71. The molecule has 0 bridgehead atoms. The summed E-state index contributed by atoms with van der Waals surface area (Å²) < 4.78 is 16.2. The van der Waals surface area contributed by atoms with Crippen LogP contribution in [0.3, 0.4) is 0 Å². The van der Waals surface area contributed by atoms with Gasteiger partial charge in [0.2, 0.25) is 5.91 Å². The lowest BCUT2D eigenvalue weighted by atomic mass is 9.91. The normalized spacial score (nSPS) is 18.1. The summed E-state index contributed by atoms with van der Waals surface area (Å²) in [5, 5.41) is 3.00. The maximum Gasteiger partial charge on any atom is 0.217 e. The first-order valence-electron chi connectivity index (χ1n) is 9.52. The molecule has 3 rings (SSSR count). The summed E-state index contributed by atoms with van der Waals surface area (Å²) in [6.07, 6.45) is 0.956. The molecular weight excluding hydrogens is 356 g/mol. The molecule has 0 fully saturated rings. The molecule has 1 heterocycles. The van der Waals surface area contributed by atoms with Gasteiger partial charge in [0, 0.05) is 24.5 Å². The number of carbonyl (C=O) groups excluding carboxylic acids is 1. The molecule has 1 aliphatic rings. The predicted molar refractivity (Wildman–Crippen MR) is 107 cm³/mol. The lowest BCUT2D eigenvalue weighted by Crippen LogP contribution is -3.12. The second-order valence-electron chi connectivity index (χ2n) is 7.08. The second kappa shape index (κ2) is 8.97. The molecule has 0 aromatic heterocycles. The van der Waals surface area contributed by atoms with Crippen LogP contribution < -0.4 is 24.4 Å². The van der Waals surface area contributed by atoms with E-state index in [-0.39, 0.29) is 11.9 Å². The molecule has 0 aliphatic carbocycles. The van der Waals surface area contributed by atoms with Gasteiger partial charge in [0.05, 0.1) is 34.4 Å². The Kier molecular flexibility index (Phi) is 6.41. The van der Waals surface area contributed by atoms with Crippen LogP contribution in [0.15, 0.2) is 36.4 Å². The van der Waals surface area contributed by atoms with Gasteiger partial charge in [-0.1, -0.05) is 0 Å². The van der Waals surface area contributed by atoms with Gasteiger partial charge in [-0.3, -0.25) is 4.79 Å².